The summed E-state index contributed by atoms with van der Waals surface area (Å²) < 4.78 is 28.6. The van der Waals surface area contributed by atoms with Gasteiger partial charge in [-0.25, -0.2) is 14.6 Å². The molecule has 40 heavy (non-hydrogen) atoms. The first-order valence-corrected chi connectivity index (χ1v) is 13.0. The summed E-state index contributed by atoms with van der Waals surface area (Å²) in [5, 5.41) is 8.90. The van der Waals surface area contributed by atoms with E-state index < -0.39 is 24.6 Å². The van der Waals surface area contributed by atoms with Crippen LogP contribution in [0.25, 0.3) is 6.08 Å². The van der Waals surface area contributed by atoms with Crippen LogP contribution in [0.5, 0.6) is 23.0 Å². The van der Waals surface area contributed by atoms with E-state index in [2.05, 4.69) is 4.99 Å². The lowest BCUT2D eigenvalue weighted by Crippen LogP contribution is -2.39. The number of allylic oxidation sites excluding steroid dienone is 1. The minimum Gasteiger partial charge on any atom is -0.493 e. The number of nitrogens with zero attached hydrogens (tertiary/aromatic N) is 2. The van der Waals surface area contributed by atoms with Crippen LogP contribution in [0.3, 0.4) is 0 Å². The molecule has 0 radical (unpaired) electrons. The molecule has 1 N–H and O–H groups in total. The number of ether oxygens (including phenoxy) is 5. The molecule has 0 saturated heterocycles. The fourth-order valence-corrected chi connectivity index (χ4v) is 5.36. The van der Waals surface area contributed by atoms with E-state index in [1.807, 2.05) is 0 Å². The van der Waals surface area contributed by atoms with E-state index >= 15 is 0 Å². The fourth-order valence-electron chi connectivity index (χ4n) is 4.31. The van der Waals surface area contributed by atoms with Gasteiger partial charge >= 0.3 is 11.9 Å². The minimum atomic E-state index is -1.12. The van der Waals surface area contributed by atoms with Crippen LogP contribution < -0.4 is 33.8 Å². The molecular weight excluding hydrogens is 540 g/mol. The summed E-state index contributed by atoms with van der Waals surface area (Å²) in [5.41, 5.74) is 1.56. The van der Waals surface area contributed by atoms with E-state index in [4.69, 9.17) is 28.8 Å². The highest BCUT2D eigenvalue weighted by atomic mass is 32.1. The Bertz CT molecular complexity index is 1670. The van der Waals surface area contributed by atoms with Crippen LogP contribution in [0.4, 0.5) is 0 Å². The molecule has 0 fully saturated rings. The molecule has 1 aromatic heterocycles. The molecule has 1 aliphatic rings. The summed E-state index contributed by atoms with van der Waals surface area (Å²) in [5.74, 6) is -0.176. The molecule has 12 heteroatoms. The first kappa shape index (κ1) is 28.4. The maximum Gasteiger partial charge on any atom is 0.341 e. The lowest BCUT2D eigenvalue weighted by molar-refractivity contribution is -0.140. The third-order valence-corrected chi connectivity index (χ3v) is 7.06. The highest BCUT2D eigenvalue weighted by molar-refractivity contribution is 7.07. The first-order valence-electron chi connectivity index (χ1n) is 12.2. The quantitative estimate of drug-likeness (QED) is 0.366. The molecule has 0 amide bonds. The van der Waals surface area contributed by atoms with E-state index in [0.717, 1.165) is 0 Å². The Morgan fingerprint density at radius 3 is 2.35 bits per heavy atom. The maximum atomic E-state index is 13.8. The number of carbonyl (C=O) groups excluding carboxylic acids is 1. The summed E-state index contributed by atoms with van der Waals surface area (Å²) in [4.78, 5) is 42.8. The maximum absolute atomic E-state index is 13.8. The number of benzene rings is 2. The summed E-state index contributed by atoms with van der Waals surface area (Å²) in [6.07, 6.45) is 1.67. The van der Waals surface area contributed by atoms with Gasteiger partial charge in [-0.15, -0.1) is 0 Å². The third kappa shape index (κ3) is 5.57. The number of carbonyl (C=O) groups is 2. The lowest BCUT2D eigenvalue weighted by atomic mass is 9.95. The number of fused-ring (bicyclic) bond motifs is 1. The van der Waals surface area contributed by atoms with Crippen molar-refractivity contribution in [2.75, 3.05) is 34.5 Å². The van der Waals surface area contributed by atoms with Gasteiger partial charge in [0.25, 0.3) is 5.56 Å². The number of hydrogen-bond acceptors (Lipinski definition) is 10. The van der Waals surface area contributed by atoms with Gasteiger partial charge in [0, 0.05) is 0 Å². The number of thiazole rings is 1. The molecular formula is C28H28N2O9S. The van der Waals surface area contributed by atoms with E-state index in [1.54, 1.807) is 56.3 Å². The Hall–Kier alpha value is -4.58. The number of carboxylic acids is 1. The number of carboxylic acid groups (broad SMARTS) is 1. The van der Waals surface area contributed by atoms with Gasteiger partial charge < -0.3 is 28.8 Å². The highest BCUT2D eigenvalue weighted by Crippen LogP contribution is 2.36. The fraction of sp³-hybridized carbons (Fsp3) is 0.286. The molecule has 0 aliphatic carbocycles. The average Bonchev–Trinajstić information content (AvgIpc) is 3.24. The van der Waals surface area contributed by atoms with Gasteiger partial charge in [-0.2, -0.15) is 0 Å². The van der Waals surface area contributed by atoms with Crippen molar-refractivity contribution in [3.05, 3.63) is 78.5 Å². The van der Waals surface area contributed by atoms with Crippen LogP contribution in [0.1, 0.15) is 31.0 Å². The van der Waals surface area contributed by atoms with Gasteiger partial charge in [-0.3, -0.25) is 9.36 Å². The summed E-state index contributed by atoms with van der Waals surface area (Å²) >= 11 is 1.17. The van der Waals surface area contributed by atoms with E-state index in [1.165, 1.54) is 37.2 Å². The van der Waals surface area contributed by atoms with Crippen molar-refractivity contribution >= 4 is 29.4 Å². The van der Waals surface area contributed by atoms with Crippen LogP contribution in [0.2, 0.25) is 0 Å². The second kappa shape index (κ2) is 12.1. The van der Waals surface area contributed by atoms with Crippen molar-refractivity contribution < 1.29 is 38.4 Å². The Morgan fingerprint density at radius 2 is 1.70 bits per heavy atom. The number of hydrogen-bond donors (Lipinski definition) is 1. The standard InChI is InChI=1S/C28H28N2O9S/c1-6-38-27(34)24-15(2)29-28-30(25(24)17-8-10-18(35-3)21(13-17)37-5)26(33)22(40-28)12-16-7-9-19(20(11-16)36-4)39-14-23(31)32/h7-13,25H,6,14H2,1-5H3,(H,31,32)/b22-12+/t25-/m0/s1. The molecule has 210 valence electrons. The van der Waals surface area contributed by atoms with Crippen molar-refractivity contribution in [3.63, 3.8) is 0 Å². The Kier molecular flexibility index (Phi) is 8.58. The molecule has 2 heterocycles. The van der Waals surface area contributed by atoms with Crippen LogP contribution >= 0.6 is 11.3 Å². The molecule has 4 rings (SSSR count). The van der Waals surface area contributed by atoms with Crippen LogP contribution in [0.15, 0.2) is 57.5 Å². The zero-order valence-corrected chi connectivity index (χ0v) is 23.4. The predicted octanol–water partition coefficient (Wildman–Crippen LogP) is 2.29. The van der Waals surface area contributed by atoms with Crippen molar-refractivity contribution in [2.45, 2.75) is 19.9 Å². The van der Waals surface area contributed by atoms with Gasteiger partial charge in [-0.1, -0.05) is 23.5 Å². The third-order valence-electron chi connectivity index (χ3n) is 6.08. The second-order valence-electron chi connectivity index (χ2n) is 8.51. The predicted molar refractivity (Wildman–Crippen MR) is 146 cm³/mol. The first-order chi connectivity index (χ1) is 19.2. The topological polar surface area (TPSA) is 135 Å². The highest BCUT2D eigenvalue weighted by Gasteiger charge is 2.34. The number of aliphatic carboxylic acids is 1. The molecule has 2 aromatic carbocycles. The number of rotatable bonds is 10. The van der Waals surface area contributed by atoms with Gasteiger partial charge in [-0.05, 0) is 55.3 Å². The molecule has 0 bridgehead atoms. The molecule has 1 atom stereocenters. The van der Waals surface area contributed by atoms with Crippen LogP contribution in [-0.4, -0.2) is 56.2 Å². The molecule has 1 aliphatic heterocycles. The average molecular weight is 569 g/mol. The van der Waals surface area contributed by atoms with E-state index in [0.29, 0.717) is 43.4 Å². The van der Waals surface area contributed by atoms with Crippen LogP contribution in [-0.2, 0) is 14.3 Å². The minimum absolute atomic E-state index is 0.159. The van der Waals surface area contributed by atoms with Crippen molar-refractivity contribution in [3.8, 4) is 23.0 Å². The molecule has 0 saturated carbocycles. The number of esters is 1. The smallest absolute Gasteiger partial charge is 0.341 e. The molecule has 11 nitrogen and oxygen atoms in total. The Balaban J connectivity index is 1.88. The number of methoxy groups -OCH3 is 3. The van der Waals surface area contributed by atoms with E-state index in [-0.39, 0.29) is 23.5 Å². The summed E-state index contributed by atoms with van der Waals surface area (Å²) in [7, 11) is 4.46. The zero-order valence-electron chi connectivity index (χ0n) is 22.5. The monoisotopic (exact) mass is 568 g/mol. The normalized spacial score (nSPS) is 14.7. The van der Waals surface area contributed by atoms with Crippen molar-refractivity contribution in [1.82, 2.24) is 4.57 Å². The van der Waals surface area contributed by atoms with Gasteiger partial charge in [0.05, 0.1) is 49.8 Å². The Morgan fingerprint density at radius 1 is 1.02 bits per heavy atom. The molecule has 0 unspecified atom stereocenters. The lowest BCUT2D eigenvalue weighted by Gasteiger charge is -2.25. The molecule has 0 spiro atoms. The van der Waals surface area contributed by atoms with Crippen molar-refractivity contribution in [2.24, 2.45) is 4.99 Å². The van der Waals surface area contributed by atoms with Gasteiger partial charge in [0.15, 0.2) is 34.4 Å². The van der Waals surface area contributed by atoms with Crippen molar-refractivity contribution in [1.29, 1.82) is 0 Å². The largest absolute Gasteiger partial charge is 0.493 e. The Labute approximate surface area is 233 Å². The van der Waals surface area contributed by atoms with Gasteiger partial charge in [0.2, 0.25) is 0 Å². The van der Waals surface area contributed by atoms with Crippen LogP contribution in [0, 0.1) is 0 Å². The van der Waals surface area contributed by atoms with E-state index in [9.17, 15) is 14.4 Å². The van der Waals surface area contributed by atoms with Gasteiger partial charge in [0.1, 0.15) is 0 Å². The summed E-state index contributed by atoms with van der Waals surface area (Å²) in [6, 6.07) is 9.26. The zero-order chi connectivity index (χ0) is 29.0. The summed E-state index contributed by atoms with van der Waals surface area (Å²) in [6.45, 7) is 3.05. The number of aromatic nitrogens is 1. The second-order valence-corrected chi connectivity index (χ2v) is 9.52. The SMILES string of the molecule is CCOC(=O)C1=C(C)N=c2s/c(=C/c3ccc(OCC(=O)O)c(OC)c3)c(=O)n2[C@H]1c1ccc(OC)c(OC)c1. The molecule has 3 aromatic rings.